The van der Waals surface area contributed by atoms with Crippen LogP contribution in [0, 0.1) is 6.92 Å². The number of amides is 2. The van der Waals surface area contributed by atoms with E-state index in [-0.39, 0.29) is 17.9 Å². The molecule has 8 heteroatoms. The van der Waals surface area contributed by atoms with Crippen LogP contribution in [0.25, 0.3) is 10.9 Å². The topological polar surface area (TPSA) is 90.1 Å². The van der Waals surface area contributed by atoms with Crippen molar-refractivity contribution in [3.05, 3.63) is 59.5 Å². The zero-order valence-electron chi connectivity index (χ0n) is 20.9. The monoisotopic (exact) mass is 490 g/mol. The number of aliphatic hydroxyl groups is 1. The molecule has 0 spiro atoms. The highest BCUT2D eigenvalue weighted by Crippen LogP contribution is 2.29. The second kappa shape index (κ2) is 10.7. The predicted molar refractivity (Wildman–Crippen MR) is 138 cm³/mol. The summed E-state index contributed by atoms with van der Waals surface area (Å²) in [6.45, 7) is 5.69. The molecular formula is C28H34N4O4. The second-order valence-corrected chi connectivity index (χ2v) is 9.95. The molecule has 2 saturated heterocycles. The molecule has 2 aliphatic heterocycles. The molecule has 0 saturated carbocycles. The molecule has 2 amide bonds. The summed E-state index contributed by atoms with van der Waals surface area (Å²) >= 11 is 0. The Morgan fingerprint density at radius 2 is 2.11 bits per heavy atom. The van der Waals surface area contributed by atoms with Crippen LogP contribution in [0.1, 0.15) is 53.8 Å². The molecule has 36 heavy (non-hydrogen) atoms. The SMILES string of the molecule is Cc1ccc2cc(CN(CCCN3CCCC3=O)C(=O)c3ccco3)c(N3CCCC(O)C3)nc2c1. The molecule has 2 fully saturated rings. The summed E-state index contributed by atoms with van der Waals surface area (Å²) in [6.07, 6.45) is 5.01. The van der Waals surface area contributed by atoms with E-state index in [0.717, 1.165) is 60.2 Å². The van der Waals surface area contributed by atoms with Crippen LogP contribution >= 0.6 is 0 Å². The number of pyridine rings is 1. The van der Waals surface area contributed by atoms with Crippen molar-refractivity contribution in [2.24, 2.45) is 0 Å². The summed E-state index contributed by atoms with van der Waals surface area (Å²) in [7, 11) is 0. The minimum Gasteiger partial charge on any atom is -0.459 e. The zero-order valence-corrected chi connectivity index (χ0v) is 20.9. The van der Waals surface area contributed by atoms with Crippen LogP contribution in [0.3, 0.4) is 0 Å². The van der Waals surface area contributed by atoms with Gasteiger partial charge in [-0.1, -0.05) is 12.1 Å². The highest BCUT2D eigenvalue weighted by molar-refractivity contribution is 5.91. The largest absolute Gasteiger partial charge is 0.459 e. The third kappa shape index (κ3) is 5.38. The predicted octanol–water partition coefficient (Wildman–Crippen LogP) is 3.75. The summed E-state index contributed by atoms with van der Waals surface area (Å²) < 4.78 is 5.44. The maximum absolute atomic E-state index is 13.4. The van der Waals surface area contributed by atoms with E-state index in [1.165, 1.54) is 6.26 Å². The molecule has 8 nitrogen and oxygen atoms in total. The maximum Gasteiger partial charge on any atom is 0.289 e. The Labute approximate surface area is 211 Å². The number of carbonyl (C=O) groups excluding carboxylic acids is 2. The second-order valence-electron chi connectivity index (χ2n) is 9.95. The first-order chi connectivity index (χ1) is 17.5. The third-order valence-electron chi connectivity index (χ3n) is 7.13. The summed E-state index contributed by atoms with van der Waals surface area (Å²) in [5.74, 6) is 1.13. The number of hydrogen-bond donors (Lipinski definition) is 1. The number of aromatic nitrogens is 1. The van der Waals surface area contributed by atoms with E-state index in [1.54, 1.807) is 17.0 Å². The van der Waals surface area contributed by atoms with Gasteiger partial charge in [-0.05, 0) is 62.4 Å². The van der Waals surface area contributed by atoms with Crippen molar-refractivity contribution in [2.75, 3.05) is 37.6 Å². The number of hydrogen-bond acceptors (Lipinski definition) is 6. The van der Waals surface area contributed by atoms with Gasteiger partial charge in [-0.3, -0.25) is 9.59 Å². The number of anilines is 1. The first-order valence-electron chi connectivity index (χ1n) is 12.9. The fourth-order valence-electron chi connectivity index (χ4n) is 5.26. The molecule has 0 bridgehead atoms. The van der Waals surface area contributed by atoms with Crippen LogP contribution in [-0.2, 0) is 11.3 Å². The van der Waals surface area contributed by atoms with Crippen molar-refractivity contribution in [1.29, 1.82) is 0 Å². The summed E-state index contributed by atoms with van der Waals surface area (Å²) in [5, 5.41) is 11.4. The summed E-state index contributed by atoms with van der Waals surface area (Å²) in [6, 6.07) is 11.7. The number of rotatable bonds is 8. The molecule has 2 aromatic heterocycles. The lowest BCUT2D eigenvalue weighted by molar-refractivity contribution is -0.127. The van der Waals surface area contributed by atoms with Crippen LogP contribution in [0.5, 0.6) is 0 Å². The lowest BCUT2D eigenvalue weighted by Crippen LogP contribution is -2.40. The van der Waals surface area contributed by atoms with E-state index in [9.17, 15) is 14.7 Å². The number of carbonyl (C=O) groups is 2. The van der Waals surface area contributed by atoms with Crippen LogP contribution in [-0.4, -0.2) is 70.5 Å². The number of nitrogens with zero attached hydrogens (tertiary/aromatic N) is 4. The fourth-order valence-corrected chi connectivity index (χ4v) is 5.26. The average Bonchev–Trinajstić information content (AvgIpc) is 3.55. The van der Waals surface area contributed by atoms with E-state index in [4.69, 9.17) is 9.40 Å². The number of aliphatic hydroxyl groups excluding tert-OH is 1. The van der Waals surface area contributed by atoms with E-state index in [0.29, 0.717) is 44.8 Å². The lowest BCUT2D eigenvalue weighted by Gasteiger charge is -2.33. The minimum atomic E-state index is -0.388. The van der Waals surface area contributed by atoms with Crippen molar-refractivity contribution in [3.8, 4) is 0 Å². The normalized spacial score (nSPS) is 18.3. The Morgan fingerprint density at radius 1 is 1.22 bits per heavy atom. The van der Waals surface area contributed by atoms with Gasteiger partial charge in [0.1, 0.15) is 5.82 Å². The van der Waals surface area contributed by atoms with E-state index < -0.39 is 0 Å². The Hall–Kier alpha value is -3.39. The van der Waals surface area contributed by atoms with Gasteiger partial charge in [0, 0.05) is 56.6 Å². The molecule has 2 aliphatic rings. The van der Waals surface area contributed by atoms with E-state index in [1.807, 2.05) is 11.8 Å². The molecule has 3 aromatic rings. The van der Waals surface area contributed by atoms with Crippen molar-refractivity contribution < 1.29 is 19.1 Å². The number of fused-ring (bicyclic) bond motifs is 1. The first kappa shape index (κ1) is 24.3. The zero-order chi connectivity index (χ0) is 25.1. The van der Waals surface area contributed by atoms with Gasteiger partial charge >= 0.3 is 0 Å². The molecule has 5 rings (SSSR count). The van der Waals surface area contributed by atoms with Gasteiger partial charge in [0.2, 0.25) is 5.91 Å². The number of furan rings is 1. The van der Waals surface area contributed by atoms with Crippen LogP contribution in [0.4, 0.5) is 5.82 Å². The molecule has 1 aromatic carbocycles. The number of aryl methyl sites for hydroxylation is 1. The van der Waals surface area contributed by atoms with Gasteiger partial charge in [0.05, 0.1) is 17.9 Å². The Kier molecular flexibility index (Phi) is 7.23. The standard InChI is InChI=1S/C28H34N4O4/c1-20-9-10-21-17-22(27(29-24(21)16-20)31-12-2-6-23(33)19-31)18-32(28(35)25-7-4-15-36-25)14-5-13-30-11-3-8-26(30)34/h4,7,9-10,15-17,23,33H,2-3,5-6,8,11-14,18-19H2,1H3. The molecule has 0 radical (unpaired) electrons. The van der Waals surface area contributed by atoms with Gasteiger partial charge in [0.25, 0.3) is 5.91 Å². The van der Waals surface area contributed by atoms with Crippen LogP contribution in [0.2, 0.25) is 0 Å². The number of benzene rings is 1. The van der Waals surface area contributed by atoms with Crippen LogP contribution in [0.15, 0.2) is 47.1 Å². The molecule has 0 aliphatic carbocycles. The van der Waals surface area contributed by atoms with Crippen molar-refractivity contribution in [1.82, 2.24) is 14.8 Å². The molecule has 4 heterocycles. The third-order valence-corrected chi connectivity index (χ3v) is 7.13. The quantitative estimate of drug-likeness (QED) is 0.517. The fraction of sp³-hybridized carbons (Fsp3) is 0.464. The number of β-amino-alcohol motifs (C(OH)–C–C–N with tert-alkyl or cyclic N) is 1. The van der Waals surface area contributed by atoms with Gasteiger partial charge in [0.15, 0.2) is 5.76 Å². The number of likely N-dealkylation sites (tertiary alicyclic amines) is 1. The lowest BCUT2D eigenvalue weighted by atomic mass is 10.0. The molecule has 190 valence electrons. The molecular weight excluding hydrogens is 456 g/mol. The van der Waals surface area contributed by atoms with Gasteiger partial charge in [-0.2, -0.15) is 0 Å². The van der Waals surface area contributed by atoms with Gasteiger partial charge < -0.3 is 24.2 Å². The van der Waals surface area contributed by atoms with E-state index >= 15 is 0 Å². The molecule has 1 N–H and O–H groups in total. The minimum absolute atomic E-state index is 0.179. The Bertz CT molecular complexity index is 1230. The van der Waals surface area contributed by atoms with Crippen LogP contribution < -0.4 is 4.90 Å². The van der Waals surface area contributed by atoms with Crippen molar-refractivity contribution in [3.63, 3.8) is 0 Å². The Morgan fingerprint density at radius 3 is 2.86 bits per heavy atom. The summed E-state index contributed by atoms with van der Waals surface area (Å²) in [5.41, 5.74) is 2.99. The first-order valence-corrected chi connectivity index (χ1v) is 12.9. The molecule has 1 unspecified atom stereocenters. The van der Waals surface area contributed by atoms with Gasteiger partial charge in [-0.15, -0.1) is 0 Å². The smallest absolute Gasteiger partial charge is 0.289 e. The maximum atomic E-state index is 13.4. The average molecular weight is 491 g/mol. The highest BCUT2D eigenvalue weighted by Gasteiger charge is 2.26. The van der Waals surface area contributed by atoms with Gasteiger partial charge in [-0.25, -0.2) is 4.98 Å². The Balaban J connectivity index is 1.45. The summed E-state index contributed by atoms with van der Waals surface area (Å²) in [4.78, 5) is 36.3. The van der Waals surface area contributed by atoms with Crippen molar-refractivity contribution in [2.45, 2.75) is 51.7 Å². The molecule has 1 atom stereocenters. The highest BCUT2D eigenvalue weighted by atomic mass is 16.3. The number of piperidine rings is 1. The van der Waals surface area contributed by atoms with Crippen molar-refractivity contribution >= 4 is 28.5 Å². The van der Waals surface area contributed by atoms with E-state index in [2.05, 4.69) is 29.2 Å².